The van der Waals surface area contributed by atoms with Gasteiger partial charge in [0.05, 0.1) is 14.6 Å². The highest BCUT2D eigenvalue weighted by atomic mass is 127. The van der Waals surface area contributed by atoms with Gasteiger partial charge in [-0.25, -0.2) is 15.0 Å². The molecule has 0 fully saturated rings. The van der Waals surface area contributed by atoms with Crippen molar-refractivity contribution in [3.63, 3.8) is 0 Å². The first kappa shape index (κ1) is 9.78. The summed E-state index contributed by atoms with van der Waals surface area (Å²) in [6.07, 6.45) is 3.52. The normalized spacial score (nSPS) is 10.4. The van der Waals surface area contributed by atoms with E-state index in [2.05, 4.69) is 37.5 Å². The van der Waals surface area contributed by atoms with E-state index in [0.717, 1.165) is 13.5 Å². The largest absolute Gasteiger partial charge is 0.383 e. The highest BCUT2D eigenvalue weighted by molar-refractivity contribution is 14.1. The minimum absolute atomic E-state index is 0.489. The predicted octanol–water partition coefficient (Wildman–Crippen LogP) is 2.10. The Labute approximate surface area is 98.8 Å². The molecule has 0 atom stereocenters. The lowest BCUT2D eigenvalue weighted by Crippen LogP contribution is -1.97. The second-order valence-electron chi connectivity index (χ2n) is 2.69. The van der Waals surface area contributed by atoms with E-state index in [1.807, 2.05) is 6.92 Å². The van der Waals surface area contributed by atoms with Gasteiger partial charge in [-0.05, 0) is 29.5 Å². The average molecular weight is 318 g/mol. The second-order valence-corrected chi connectivity index (χ2v) is 5.61. The van der Waals surface area contributed by atoms with E-state index in [1.54, 1.807) is 23.7 Å². The summed E-state index contributed by atoms with van der Waals surface area (Å²) in [6, 6.07) is 0. The van der Waals surface area contributed by atoms with Gasteiger partial charge in [0.25, 0.3) is 0 Å². The van der Waals surface area contributed by atoms with Crippen molar-refractivity contribution in [2.24, 2.45) is 0 Å². The Morgan fingerprint density at radius 1 is 1.36 bits per heavy atom. The quantitative estimate of drug-likeness (QED) is 0.818. The molecule has 14 heavy (non-hydrogen) atoms. The molecule has 0 unspecified atom stereocenters. The Kier molecular flexibility index (Phi) is 2.64. The van der Waals surface area contributed by atoms with Crippen molar-refractivity contribution in [3.8, 4) is 10.6 Å². The maximum atomic E-state index is 5.78. The van der Waals surface area contributed by atoms with Crippen LogP contribution >= 0.6 is 33.9 Å². The first-order valence-corrected chi connectivity index (χ1v) is 5.77. The van der Waals surface area contributed by atoms with Crippen molar-refractivity contribution < 1.29 is 0 Å². The van der Waals surface area contributed by atoms with Crippen molar-refractivity contribution >= 4 is 39.7 Å². The van der Waals surface area contributed by atoms with Crippen LogP contribution in [0.2, 0.25) is 0 Å². The maximum Gasteiger partial charge on any atom is 0.137 e. The van der Waals surface area contributed by atoms with Crippen molar-refractivity contribution in [1.29, 1.82) is 0 Å². The lowest BCUT2D eigenvalue weighted by molar-refractivity contribution is 1.06. The molecule has 0 aromatic carbocycles. The molecule has 0 saturated carbocycles. The summed E-state index contributed by atoms with van der Waals surface area (Å²) < 4.78 is 1.12. The van der Waals surface area contributed by atoms with E-state index >= 15 is 0 Å². The molecule has 2 aromatic rings. The van der Waals surface area contributed by atoms with Gasteiger partial charge in [-0.1, -0.05) is 0 Å². The zero-order valence-electron chi connectivity index (χ0n) is 7.36. The minimum atomic E-state index is 0.489. The van der Waals surface area contributed by atoms with Gasteiger partial charge < -0.3 is 5.73 Å². The molecule has 0 bridgehead atoms. The zero-order chi connectivity index (χ0) is 10.1. The van der Waals surface area contributed by atoms with E-state index in [0.29, 0.717) is 11.6 Å². The number of aryl methyl sites for hydroxylation is 1. The summed E-state index contributed by atoms with van der Waals surface area (Å²) in [5, 5.41) is 0.868. The number of nitrogens with zero attached hydrogens (tertiary/aromatic N) is 3. The van der Waals surface area contributed by atoms with Crippen molar-refractivity contribution in [2.45, 2.75) is 6.92 Å². The van der Waals surface area contributed by atoms with Crippen LogP contribution in [0.3, 0.4) is 0 Å². The Morgan fingerprint density at radius 2 is 2.14 bits per heavy atom. The van der Waals surface area contributed by atoms with Gasteiger partial charge in [-0.2, -0.15) is 0 Å². The van der Waals surface area contributed by atoms with E-state index in [9.17, 15) is 0 Å². The summed E-state index contributed by atoms with van der Waals surface area (Å²) in [5.41, 5.74) is 6.58. The highest BCUT2D eigenvalue weighted by Crippen LogP contribution is 2.28. The molecular formula is C8H7IN4S. The number of hydrogen-bond acceptors (Lipinski definition) is 5. The van der Waals surface area contributed by atoms with Crippen LogP contribution < -0.4 is 5.73 Å². The van der Waals surface area contributed by atoms with Gasteiger partial charge in [0, 0.05) is 6.20 Å². The fraction of sp³-hybridized carbons (Fsp3) is 0.125. The van der Waals surface area contributed by atoms with Gasteiger partial charge in [0.15, 0.2) is 0 Å². The van der Waals surface area contributed by atoms with Gasteiger partial charge >= 0.3 is 0 Å². The van der Waals surface area contributed by atoms with Crippen LogP contribution in [-0.4, -0.2) is 15.0 Å². The maximum absolute atomic E-state index is 5.78. The number of nitrogens with two attached hydrogens (primary N) is 1. The average Bonchev–Trinajstić information content (AvgIpc) is 2.51. The van der Waals surface area contributed by atoms with Crippen molar-refractivity contribution in [1.82, 2.24) is 15.0 Å². The lowest BCUT2D eigenvalue weighted by atomic mass is 10.3. The second kappa shape index (κ2) is 3.77. The van der Waals surface area contributed by atoms with Crippen LogP contribution in [0.4, 0.5) is 5.82 Å². The molecule has 0 aliphatic rings. The molecule has 0 spiro atoms. The van der Waals surface area contributed by atoms with Crippen LogP contribution in [-0.2, 0) is 0 Å². The van der Waals surface area contributed by atoms with Gasteiger partial charge in [0.2, 0.25) is 0 Å². The predicted molar refractivity (Wildman–Crippen MR) is 65.0 cm³/mol. The number of thiazole rings is 1. The molecule has 2 N–H and O–H groups in total. The van der Waals surface area contributed by atoms with Crippen molar-refractivity contribution in [3.05, 3.63) is 21.1 Å². The fourth-order valence-corrected chi connectivity index (χ4v) is 2.46. The number of rotatable bonds is 1. The van der Waals surface area contributed by atoms with E-state index < -0.39 is 0 Å². The van der Waals surface area contributed by atoms with Crippen molar-refractivity contribution in [2.75, 3.05) is 5.73 Å². The number of anilines is 1. The summed E-state index contributed by atoms with van der Waals surface area (Å²) in [7, 11) is 0. The zero-order valence-corrected chi connectivity index (χ0v) is 10.3. The van der Waals surface area contributed by atoms with E-state index in [-0.39, 0.29) is 0 Å². The molecule has 0 aliphatic heterocycles. The van der Waals surface area contributed by atoms with E-state index in [1.165, 1.54) is 0 Å². The molecule has 6 heteroatoms. The van der Waals surface area contributed by atoms with Crippen LogP contribution in [0, 0.1) is 9.81 Å². The summed E-state index contributed by atoms with van der Waals surface area (Å²) >= 11 is 3.80. The van der Waals surface area contributed by atoms with Gasteiger partial charge in [-0.3, -0.25) is 0 Å². The number of aromatic nitrogens is 3. The first-order valence-electron chi connectivity index (χ1n) is 3.87. The molecular weight excluding hydrogens is 311 g/mol. The third-order valence-corrected chi connectivity index (χ3v) is 3.40. The fourth-order valence-electron chi connectivity index (χ4n) is 1.03. The monoisotopic (exact) mass is 318 g/mol. The molecule has 2 heterocycles. The summed E-state index contributed by atoms with van der Waals surface area (Å²) in [4.78, 5) is 12.4. The van der Waals surface area contributed by atoms with E-state index in [4.69, 9.17) is 5.73 Å². The Hall–Kier alpha value is -0.760. The van der Waals surface area contributed by atoms with Crippen LogP contribution in [0.1, 0.15) is 5.82 Å². The first-order chi connectivity index (χ1) is 6.66. The number of hydrogen-bond donors (Lipinski definition) is 1. The Morgan fingerprint density at radius 3 is 2.71 bits per heavy atom. The topological polar surface area (TPSA) is 64.7 Å². The molecule has 4 nitrogen and oxygen atoms in total. The standard InChI is InChI=1S/C8H7IN4S/c1-4-11-2-5(7(10)13-4)8-12-3-6(9)14-8/h2-3H,1H3,(H2,10,11,13). The van der Waals surface area contributed by atoms with Crippen LogP contribution in [0.15, 0.2) is 12.4 Å². The summed E-state index contributed by atoms with van der Waals surface area (Å²) in [5.74, 6) is 1.17. The molecule has 0 aliphatic carbocycles. The lowest BCUT2D eigenvalue weighted by Gasteiger charge is -2.00. The SMILES string of the molecule is Cc1ncc(-c2ncc(I)s2)c(N)n1. The Bertz CT molecular complexity index is 468. The Balaban J connectivity index is 2.52. The highest BCUT2D eigenvalue weighted by Gasteiger charge is 2.08. The smallest absolute Gasteiger partial charge is 0.137 e. The molecule has 0 amide bonds. The molecule has 2 rings (SSSR count). The molecule has 2 aromatic heterocycles. The van der Waals surface area contributed by atoms with Gasteiger partial charge in [-0.15, -0.1) is 11.3 Å². The minimum Gasteiger partial charge on any atom is -0.383 e. The molecule has 72 valence electrons. The third-order valence-electron chi connectivity index (χ3n) is 1.65. The molecule has 0 saturated heterocycles. The summed E-state index contributed by atoms with van der Waals surface area (Å²) in [6.45, 7) is 1.81. The van der Waals surface area contributed by atoms with Crippen LogP contribution in [0.25, 0.3) is 10.6 Å². The number of nitrogen functional groups attached to an aromatic ring is 1. The van der Waals surface area contributed by atoms with Crippen LogP contribution in [0.5, 0.6) is 0 Å². The third kappa shape index (κ3) is 1.85. The molecule has 0 radical (unpaired) electrons. The van der Waals surface area contributed by atoms with Gasteiger partial charge in [0.1, 0.15) is 16.6 Å². The number of halogens is 1.